The molecule has 17 heavy (non-hydrogen) atoms. The van der Waals surface area contributed by atoms with E-state index in [2.05, 4.69) is 24.2 Å². The van der Waals surface area contributed by atoms with Crippen LogP contribution in [0.25, 0.3) is 0 Å². The predicted molar refractivity (Wildman–Crippen MR) is 68.9 cm³/mol. The molecular formula is C13H25N3O. The van der Waals surface area contributed by atoms with Crippen molar-refractivity contribution < 1.29 is 4.79 Å². The number of amides is 1. The molecule has 4 nitrogen and oxygen atoms in total. The van der Waals surface area contributed by atoms with Gasteiger partial charge < -0.3 is 10.2 Å². The molecule has 0 spiro atoms. The molecule has 3 atom stereocenters. The molecule has 2 rings (SSSR count). The lowest BCUT2D eigenvalue weighted by atomic mass is 9.89. The molecule has 2 fully saturated rings. The fourth-order valence-corrected chi connectivity index (χ4v) is 3.28. The second-order valence-corrected chi connectivity index (χ2v) is 5.41. The highest BCUT2D eigenvalue weighted by atomic mass is 16.2. The largest absolute Gasteiger partial charge is 0.344 e. The highest BCUT2D eigenvalue weighted by Crippen LogP contribution is 2.25. The number of carbonyl (C=O) groups excluding carboxylic acids is 1. The Morgan fingerprint density at radius 3 is 2.65 bits per heavy atom. The lowest BCUT2D eigenvalue weighted by Crippen LogP contribution is -2.53. The quantitative estimate of drug-likeness (QED) is 0.781. The van der Waals surface area contributed by atoms with Gasteiger partial charge in [0.25, 0.3) is 0 Å². The van der Waals surface area contributed by atoms with Crippen molar-refractivity contribution in [1.82, 2.24) is 15.1 Å². The number of piperidine rings is 1. The summed E-state index contributed by atoms with van der Waals surface area (Å²) in [6.45, 7) is 5.31. The maximum atomic E-state index is 12.0. The van der Waals surface area contributed by atoms with Crippen molar-refractivity contribution in [3.05, 3.63) is 0 Å². The van der Waals surface area contributed by atoms with E-state index < -0.39 is 0 Å². The van der Waals surface area contributed by atoms with Crippen molar-refractivity contribution >= 4 is 5.91 Å². The van der Waals surface area contributed by atoms with Crippen molar-refractivity contribution in [3.8, 4) is 0 Å². The van der Waals surface area contributed by atoms with Crippen LogP contribution in [0.3, 0.4) is 0 Å². The van der Waals surface area contributed by atoms with Gasteiger partial charge in [0.05, 0.1) is 6.04 Å². The van der Waals surface area contributed by atoms with Crippen LogP contribution in [0.2, 0.25) is 0 Å². The van der Waals surface area contributed by atoms with Gasteiger partial charge in [-0.25, -0.2) is 0 Å². The van der Waals surface area contributed by atoms with E-state index in [1.807, 2.05) is 11.9 Å². The van der Waals surface area contributed by atoms with E-state index in [-0.39, 0.29) is 6.04 Å². The zero-order valence-corrected chi connectivity index (χ0v) is 11.3. The van der Waals surface area contributed by atoms with Crippen LogP contribution < -0.4 is 5.32 Å². The van der Waals surface area contributed by atoms with Gasteiger partial charge in [0.1, 0.15) is 0 Å². The van der Waals surface area contributed by atoms with Gasteiger partial charge in [0.2, 0.25) is 5.91 Å². The van der Waals surface area contributed by atoms with E-state index in [1.54, 1.807) is 0 Å². The molecule has 0 radical (unpaired) electrons. The monoisotopic (exact) mass is 239 g/mol. The summed E-state index contributed by atoms with van der Waals surface area (Å²) >= 11 is 0. The van der Waals surface area contributed by atoms with Gasteiger partial charge >= 0.3 is 0 Å². The molecule has 0 aromatic heterocycles. The third-order valence-corrected chi connectivity index (χ3v) is 4.50. The summed E-state index contributed by atoms with van der Waals surface area (Å²) in [6.07, 6.45) is 3.37. The average Bonchev–Trinajstić information content (AvgIpc) is 2.69. The number of rotatable bonds is 3. The van der Waals surface area contributed by atoms with Gasteiger partial charge in [-0.05, 0) is 25.8 Å². The number of hydrogen-bond acceptors (Lipinski definition) is 3. The first-order valence-electron chi connectivity index (χ1n) is 6.83. The van der Waals surface area contributed by atoms with Crippen LogP contribution in [0.4, 0.5) is 0 Å². The molecule has 2 aliphatic heterocycles. The molecule has 2 saturated heterocycles. The number of hydrogen-bond donors (Lipinski definition) is 1. The minimum Gasteiger partial charge on any atom is -0.344 e. The first kappa shape index (κ1) is 12.8. The summed E-state index contributed by atoms with van der Waals surface area (Å²) in [5.41, 5.74) is 0. The standard InChI is InChI=1S/C13H25N3O/c1-4-10-9-16(8-5-11(10)14-2)12-6-7-15(3)13(12)17/h10-12,14H,4-9H2,1-3H3. The fraction of sp³-hybridized carbons (Fsp3) is 0.923. The summed E-state index contributed by atoms with van der Waals surface area (Å²) in [4.78, 5) is 16.3. The van der Waals surface area contributed by atoms with Crippen LogP contribution in [-0.4, -0.2) is 61.5 Å². The van der Waals surface area contributed by atoms with Crippen molar-refractivity contribution in [2.24, 2.45) is 5.92 Å². The minimum atomic E-state index is 0.159. The van der Waals surface area contributed by atoms with Gasteiger partial charge in [0.15, 0.2) is 0 Å². The Morgan fingerprint density at radius 1 is 1.35 bits per heavy atom. The zero-order chi connectivity index (χ0) is 12.4. The van der Waals surface area contributed by atoms with Crippen LogP contribution in [-0.2, 0) is 4.79 Å². The molecule has 0 aliphatic carbocycles. The second kappa shape index (κ2) is 5.36. The molecule has 4 heteroatoms. The Morgan fingerprint density at radius 2 is 2.12 bits per heavy atom. The maximum Gasteiger partial charge on any atom is 0.239 e. The molecule has 0 aromatic rings. The Kier molecular flexibility index (Phi) is 4.05. The van der Waals surface area contributed by atoms with Crippen molar-refractivity contribution in [2.75, 3.05) is 33.7 Å². The molecule has 0 aromatic carbocycles. The molecule has 2 aliphatic rings. The van der Waals surface area contributed by atoms with Gasteiger partial charge in [0, 0.05) is 32.7 Å². The first-order valence-corrected chi connectivity index (χ1v) is 6.83. The van der Waals surface area contributed by atoms with Crippen LogP contribution in [0.15, 0.2) is 0 Å². The fourth-order valence-electron chi connectivity index (χ4n) is 3.28. The summed E-state index contributed by atoms with van der Waals surface area (Å²) in [6, 6.07) is 0.789. The van der Waals surface area contributed by atoms with E-state index in [0.717, 1.165) is 26.1 Å². The van der Waals surface area contributed by atoms with E-state index in [0.29, 0.717) is 17.9 Å². The van der Waals surface area contributed by atoms with E-state index >= 15 is 0 Å². The first-order chi connectivity index (χ1) is 8.17. The normalized spacial score (nSPS) is 35.6. The van der Waals surface area contributed by atoms with Crippen LogP contribution in [0.1, 0.15) is 26.2 Å². The van der Waals surface area contributed by atoms with Crippen molar-refractivity contribution in [1.29, 1.82) is 0 Å². The molecule has 0 saturated carbocycles. The Balaban J connectivity index is 1.97. The third-order valence-electron chi connectivity index (χ3n) is 4.50. The van der Waals surface area contributed by atoms with E-state index in [4.69, 9.17) is 0 Å². The van der Waals surface area contributed by atoms with Crippen LogP contribution in [0.5, 0.6) is 0 Å². The number of nitrogens with zero attached hydrogens (tertiary/aromatic N) is 2. The molecule has 0 bridgehead atoms. The average molecular weight is 239 g/mol. The smallest absolute Gasteiger partial charge is 0.239 e. The highest BCUT2D eigenvalue weighted by molar-refractivity contribution is 5.83. The summed E-state index contributed by atoms with van der Waals surface area (Å²) in [7, 11) is 3.97. The molecule has 2 heterocycles. The summed E-state index contributed by atoms with van der Waals surface area (Å²) < 4.78 is 0. The Labute approximate surface area is 104 Å². The molecule has 1 N–H and O–H groups in total. The van der Waals surface area contributed by atoms with E-state index in [9.17, 15) is 4.79 Å². The number of nitrogens with one attached hydrogen (secondary N) is 1. The SMILES string of the molecule is CCC1CN(C2CCN(C)C2=O)CCC1NC. The zero-order valence-electron chi connectivity index (χ0n) is 11.3. The summed E-state index contributed by atoms with van der Waals surface area (Å²) in [5.74, 6) is 1.01. The van der Waals surface area contributed by atoms with Gasteiger partial charge in [-0.15, -0.1) is 0 Å². The number of likely N-dealkylation sites (N-methyl/N-ethyl adjacent to an activating group) is 1. The van der Waals surface area contributed by atoms with Crippen LogP contribution >= 0.6 is 0 Å². The lowest BCUT2D eigenvalue weighted by Gasteiger charge is -2.40. The lowest BCUT2D eigenvalue weighted by molar-refractivity contribution is -0.131. The van der Waals surface area contributed by atoms with Gasteiger partial charge in [-0.3, -0.25) is 9.69 Å². The van der Waals surface area contributed by atoms with Gasteiger partial charge in [-0.2, -0.15) is 0 Å². The minimum absolute atomic E-state index is 0.159. The maximum absolute atomic E-state index is 12.0. The molecule has 98 valence electrons. The Bertz CT molecular complexity index is 282. The number of likely N-dealkylation sites (tertiary alicyclic amines) is 2. The highest BCUT2D eigenvalue weighted by Gasteiger charge is 2.37. The third kappa shape index (κ3) is 2.47. The Hall–Kier alpha value is -0.610. The van der Waals surface area contributed by atoms with Gasteiger partial charge in [-0.1, -0.05) is 13.3 Å². The van der Waals surface area contributed by atoms with Crippen molar-refractivity contribution in [3.63, 3.8) is 0 Å². The summed E-state index contributed by atoms with van der Waals surface area (Å²) in [5, 5.41) is 3.41. The van der Waals surface area contributed by atoms with Crippen LogP contribution in [0, 0.1) is 5.92 Å². The second-order valence-electron chi connectivity index (χ2n) is 5.41. The predicted octanol–water partition coefficient (Wildman–Crippen LogP) is 0.537. The molecule has 1 amide bonds. The van der Waals surface area contributed by atoms with E-state index in [1.165, 1.54) is 12.8 Å². The molecular weight excluding hydrogens is 214 g/mol. The van der Waals surface area contributed by atoms with Crippen molar-refractivity contribution in [2.45, 2.75) is 38.3 Å². The molecule has 3 unspecified atom stereocenters. The topological polar surface area (TPSA) is 35.6 Å². The number of carbonyl (C=O) groups is 1.